The highest BCUT2D eigenvalue weighted by atomic mass is 32.1. The molecule has 0 fully saturated rings. The second kappa shape index (κ2) is 3.95. The summed E-state index contributed by atoms with van der Waals surface area (Å²) >= 11 is 0.805. The largest absolute Gasteiger partial charge is 0.481 e. The van der Waals surface area contributed by atoms with Crippen molar-refractivity contribution in [3.63, 3.8) is 0 Å². The molecule has 1 atom stereocenters. The van der Waals surface area contributed by atoms with Gasteiger partial charge in [0.25, 0.3) is 0 Å². The van der Waals surface area contributed by atoms with Gasteiger partial charge in [0.15, 0.2) is 0 Å². The molecule has 3 nitrogen and oxygen atoms in total. The quantitative estimate of drug-likeness (QED) is 0.858. The van der Waals surface area contributed by atoms with Gasteiger partial charge in [0, 0.05) is 11.6 Å². The number of hydrogen-bond donors (Lipinski definition) is 1. The number of thiazole rings is 1. The summed E-state index contributed by atoms with van der Waals surface area (Å²) in [5, 5.41) is 9.50. The van der Waals surface area contributed by atoms with E-state index in [9.17, 15) is 18.0 Å². The van der Waals surface area contributed by atoms with E-state index in [1.807, 2.05) is 0 Å². The van der Waals surface area contributed by atoms with Gasteiger partial charge in [0.1, 0.15) is 10.9 Å². The van der Waals surface area contributed by atoms with Gasteiger partial charge in [0.05, 0.1) is 6.42 Å². The lowest BCUT2D eigenvalue weighted by molar-refractivity contribution is -0.163. The Morgan fingerprint density at radius 1 is 1.64 bits per heavy atom. The van der Waals surface area contributed by atoms with Crippen LogP contribution in [-0.4, -0.2) is 22.2 Å². The minimum Gasteiger partial charge on any atom is -0.481 e. The second-order valence-electron chi connectivity index (χ2n) is 2.56. The van der Waals surface area contributed by atoms with E-state index in [0.717, 1.165) is 11.3 Å². The Labute approximate surface area is 81.2 Å². The summed E-state index contributed by atoms with van der Waals surface area (Å²) in [4.78, 5) is 13.7. The molecule has 1 aromatic heterocycles. The molecule has 0 bridgehead atoms. The molecule has 0 saturated heterocycles. The normalized spacial score (nSPS) is 13.9. The predicted octanol–water partition coefficient (Wildman–Crippen LogP) is 2.26. The number of rotatable bonds is 3. The van der Waals surface area contributed by atoms with E-state index in [4.69, 9.17) is 5.11 Å². The topological polar surface area (TPSA) is 50.2 Å². The van der Waals surface area contributed by atoms with Gasteiger partial charge in [-0.1, -0.05) is 0 Å². The summed E-state index contributed by atoms with van der Waals surface area (Å²) in [5.41, 5.74) is 0. The summed E-state index contributed by atoms with van der Waals surface area (Å²) in [5.74, 6) is -3.48. The van der Waals surface area contributed by atoms with E-state index >= 15 is 0 Å². The van der Waals surface area contributed by atoms with Crippen molar-refractivity contribution < 1.29 is 23.1 Å². The van der Waals surface area contributed by atoms with Crippen molar-refractivity contribution in [1.29, 1.82) is 0 Å². The standard InChI is InChI=1S/C7H6F3NO2S/c8-7(9,10)4(3-5(12)13)6-11-1-2-14-6/h1-2,4H,3H2,(H,12,13). The molecule has 1 aromatic rings. The van der Waals surface area contributed by atoms with Crippen LogP contribution in [-0.2, 0) is 4.79 Å². The SMILES string of the molecule is O=C(O)CC(c1nccs1)C(F)(F)F. The number of carbonyl (C=O) groups is 1. The fourth-order valence-corrected chi connectivity index (χ4v) is 1.69. The third-order valence-corrected chi connectivity index (χ3v) is 2.41. The van der Waals surface area contributed by atoms with Crippen LogP contribution in [0.5, 0.6) is 0 Å². The molecule has 7 heteroatoms. The molecule has 1 N–H and O–H groups in total. The van der Waals surface area contributed by atoms with E-state index in [0.29, 0.717) is 0 Å². The molecule has 1 unspecified atom stereocenters. The molecule has 0 aliphatic rings. The molecule has 0 aliphatic heterocycles. The van der Waals surface area contributed by atoms with Crippen molar-refractivity contribution in [3.8, 4) is 0 Å². The number of aromatic nitrogens is 1. The van der Waals surface area contributed by atoms with Crippen LogP contribution in [0.4, 0.5) is 13.2 Å². The van der Waals surface area contributed by atoms with Crippen molar-refractivity contribution in [2.75, 3.05) is 0 Å². The molecule has 0 saturated carbocycles. The molecule has 1 rings (SSSR count). The van der Waals surface area contributed by atoms with Crippen molar-refractivity contribution >= 4 is 17.3 Å². The average Bonchev–Trinajstić information content (AvgIpc) is 2.49. The molecule has 0 amide bonds. The first-order valence-corrected chi connectivity index (χ1v) is 4.47. The van der Waals surface area contributed by atoms with Gasteiger partial charge in [-0.25, -0.2) is 4.98 Å². The number of aliphatic carboxylic acids is 1. The van der Waals surface area contributed by atoms with E-state index in [-0.39, 0.29) is 5.01 Å². The smallest absolute Gasteiger partial charge is 0.398 e. The number of halogens is 3. The van der Waals surface area contributed by atoms with Crippen molar-refractivity contribution in [2.45, 2.75) is 18.5 Å². The monoisotopic (exact) mass is 225 g/mol. The van der Waals surface area contributed by atoms with Gasteiger partial charge in [-0.3, -0.25) is 4.79 Å². The second-order valence-corrected chi connectivity index (χ2v) is 3.49. The molecule has 78 valence electrons. The maximum Gasteiger partial charge on any atom is 0.398 e. The Balaban J connectivity index is 2.89. The first kappa shape index (κ1) is 11.0. The zero-order valence-electron chi connectivity index (χ0n) is 6.78. The predicted molar refractivity (Wildman–Crippen MR) is 43.2 cm³/mol. The fourth-order valence-electron chi connectivity index (χ4n) is 0.924. The van der Waals surface area contributed by atoms with Crippen molar-refractivity contribution in [1.82, 2.24) is 4.98 Å². The number of carboxylic acids is 1. The number of carboxylic acid groups (broad SMARTS) is 1. The van der Waals surface area contributed by atoms with Gasteiger partial charge in [-0.2, -0.15) is 13.2 Å². The van der Waals surface area contributed by atoms with Crippen molar-refractivity contribution in [2.24, 2.45) is 0 Å². The van der Waals surface area contributed by atoms with E-state index in [1.165, 1.54) is 11.6 Å². The fraction of sp³-hybridized carbons (Fsp3) is 0.429. The van der Waals surface area contributed by atoms with Crippen LogP contribution in [0.2, 0.25) is 0 Å². The lowest BCUT2D eigenvalue weighted by Crippen LogP contribution is -2.23. The molecule has 0 aliphatic carbocycles. The van der Waals surface area contributed by atoms with Gasteiger partial charge >= 0.3 is 12.1 Å². The van der Waals surface area contributed by atoms with Crippen LogP contribution in [0.3, 0.4) is 0 Å². The maximum atomic E-state index is 12.3. The Hall–Kier alpha value is -1.11. The van der Waals surface area contributed by atoms with Gasteiger partial charge in [-0.05, 0) is 0 Å². The zero-order chi connectivity index (χ0) is 10.8. The zero-order valence-corrected chi connectivity index (χ0v) is 7.60. The number of hydrogen-bond acceptors (Lipinski definition) is 3. The van der Waals surface area contributed by atoms with Gasteiger partial charge in [0.2, 0.25) is 0 Å². The summed E-state index contributed by atoms with van der Waals surface area (Å²) in [7, 11) is 0. The summed E-state index contributed by atoms with van der Waals surface area (Å²) in [6, 6.07) is 0. The van der Waals surface area contributed by atoms with Gasteiger partial charge < -0.3 is 5.11 Å². The third-order valence-electron chi connectivity index (χ3n) is 1.52. The summed E-state index contributed by atoms with van der Waals surface area (Å²) < 4.78 is 37.0. The molecule has 0 aromatic carbocycles. The molecule has 0 radical (unpaired) electrons. The van der Waals surface area contributed by atoms with Crippen LogP contribution in [0, 0.1) is 0 Å². The Morgan fingerprint density at radius 3 is 2.64 bits per heavy atom. The van der Waals surface area contributed by atoms with Crippen molar-refractivity contribution in [3.05, 3.63) is 16.6 Å². The van der Waals surface area contributed by atoms with Gasteiger partial charge in [-0.15, -0.1) is 11.3 Å². The van der Waals surface area contributed by atoms with Crippen LogP contribution >= 0.6 is 11.3 Å². The average molecular weight is 225 g/mol. The third kappa shape index (κ3) is 2.69. The molecule has 1 heterocycles. The van der Waals surface area contributed by atoms with Crippen LogP contribution < -0.4 is 0 Å². The van der Waals surface area contributed by atoms with E-state index in [2.05, 4.69) is 4.98 Å². The molecular weight excluding hydrogens is 219 g/mol. The highest BCUT2D eigenvalue weighted by molar-refractivity contribution is 7.09. The first-order chi connectivity index (χ1) is 6.41. The maximum absolute atomic E-state index is 12.3. The lowest BCUT2D eigenvalue weighted by Gasteiger charge is -2.15. The molecular formula is C7H6F3NO2S. The minimum atomic E-state index is -4.56. The number of alkyl halides is 3. The van der Waals surface area contributed by atoms with Crippen LogP contribution in [0.15, 0.2) is 11.6 Å². The molecule has 14 heavy (non-hydrogen) atoms. The first-order valence-electron chi connectivity index (χ1n) is 3.59. The Kier molecular flexibility index (Phi) is 3.10. The highest BCUT2D eigenvalue weighted by Gasteiger charge is 2.43. The lowest BCUT2D eigenvalue weighted by atomic mass is 10.1. The number of nitrogens with zero attached hydrogens (tertiary/aromatic N) is 1. The van der Waals surface area contributed by atoms with Crippen LogP contribution in [0.1, 0.15) is 17.3 Å². The molecule has 0 spiro atoms. The summed E-state index contributed by atoms with van der Waals surface area (Å²) in [6.45, 7) is 0. The van der Waals surface area contributed by atoms with Crippen LogP contribution in [0.25, 0.3) is 0 Å². The van der Waals surface area contributed by atoms with E-state index < -0.39 is 24.5 Å². The minimum absolute atomic E-state index is 0.208. The summed E-state index contributed by atoms with van der Waals surface area (Å²) in [6.07, 6.45) is -4.31. The Morgan fingerprint density at radius 2 is 2.29 bits per heavy atom. The van der Waals surface area contributed by atoms with E-state index in [1.54, 1.807) is 0 Å². The Bertz CT molecular complexity index is 309. The highest BCUT2D eigenvalue weighted by Crippen LogP contribution is 2.38.